The second kappa shape index (κ2) is 5.44. The molecular formula is C19H16BF5N2. The molecule has 140 valence electrons. The molecule has 0 saturated carbocycles. The van der Waals surface area contributed by atoms with Gasteiger partial charge in [-0.05, 0) is 38.1 Å². The van der Waals surface area contributed by atoms with E-state index in [1.54, 1.807) is 26.0 Å². The molecule has 0 bridgehead atoms. The van der Waals surface area contributed by atoms with Crippen LogP contribution in [0.3, 0.4) is 0 Å². The number of nitrogens with zero attached hydrogens (tertiary/aromatic N) is 2. The second-order valence-electron chi connectivity index (χ2n) is 7.08. The first-order valence-corrected chi connectivity index (χ1v) is 8.47. The molecule has 2 aliphatic rings. The highest BCUT2D eigenvalue weighted by Crippen LogP contribution is 2.45. The van der Waals surface area contributed by atoms with Crippen molar-refractivity contribution in [2.75, 3.05) is 0 Å². The molecule has 0 amide bonds. The minimum absolute atomic E-state index is 0.00833. The second-order valence-corrected chi connectivity index (χ2v) is 7.08. The number of halogens is 5. The molecule has 0 saturated heterocycles. The summed E-state index contributed by atoms with van der Waals surface area (Å²) >= 11 is 0. The average molecular weight is 378 g/mol. The smallest absolute Gasteiger partial charge is 0.393 e. The largest absolute Gasteiger partial charge is 0.737 e. The Kier molecular flexibility index (Phi) is 3.58. The van der Waals surface area contributed by atoms with Gasteiger partial charge >= 0.3 is 6.97 Å². The van der Waals surface area contributed by atoms with Crippen LogP contribution in [0.5, 0.6) is 0 Å². The molecule has 0 radical (unpaired) electrons. The highest BCUT2D eigenvalue weighted by Gasteiger charge is 2.55. The number of hydrogen-bond acceptors (Lipinski definition) is 0. The van der Waals surface area contributed by atoms with Gasteiger partial charge in [0, 0.05) is 36.4 Å². The average Bonchev–Trinajstić information content (AvgIpc) is 2.99. The van der Waals surface area contributed by atoms with Gasteiger partial charge in [0.2, 0.25) is 0 Å². The van der Waals surface area contributed by atoms with Gasteiger partial charge in [-0.15, -0.1) is 0 Å². The van der Waals surface area contributed by atoms with Gasteiger partial charge in [0.1, 0.15) is 23.2 Å². The Morgan fingerprint density at radius 2 is 1.52 bits per heavy atom. The maximum atomic E-state index is 15.4. The molecule has 2 nitrogen and oxygen atoms in total. The van der Waals surface area contributed by atoms with Gasteiger partial charge in [-0.1, -0.05) is 0 Å². The van der Waals surface area contributed by atoms with E-state index in [0.717, 1.165) is 8.96 Å². The van der Waals surface area contributed by atoms with Crippen LogP contribution in [0, 0.1) is 31.3 Å². The third-order valence-corrected chi connectivity index (χ3v) is 5.19. The van der Waals surface area contributed by atoms with E-state index in [1.165, 1.54) is 13.8 Å². The predicted octanol–water partition coefficient (Wildman–Crippen LogP) is 4.95. The summed E-state index contributed by atoms with van der Waals surface area (Å²) in [7, 11) is 0. The van der Waals surface area contributed by atoms with Crippen molar-refractivity contribution in [3.63, 3.8) is 0 Å². The summed E-state index contributed by atoms with van der Waals surface area (Å²) in [5, 5.41) is 0. The van der Waals surface area contributed by atoms with Crippen LogP contribution in [0.25, 0.3) is 5.57 Å². The van der Waals surface area contributed by atoms with Crippen LogP contribution >= 0.6 is 0 Å². The molecular weight excluding hydrogens is 362 g/mol. The van der Waals surface area contributed by atoms with E-state index in [2.05, 4.69) is 0 Å². The molecule has 0 fully saturated rings. The number of allylic oxidation sites excluding steroid dienone is 2. The van der Waals surface area contributed by atoms with Gasteiger partial charge in [-0.2, -0.15) is 0 Å². The molecule has 0 aliphatic carbocycles. The van der Waals surface area contributed by atoms with Gasteiger partial charge in [-0.25, -0.2) is 13.2 Å². The van der Waals surface area contributed by atoms with Crippen LogP contribution in [0.4, 0.5) is 21.8 Å². The van der Waals surface area contributed by atoms with Crippen LogP contribution < -0.4 is 0 Å². The van der Waals surface area contributed by atoms with Gasteiger partial charge in [-0.3, -0.25) is 0 Å². The molecule has 8 heteroatoms. The number of rotatable bonds is 1. The van der Waals surface area contributed by atoms with Crippen molar-refractivity contribution < 1.29 is 26.3 Å². The molecule has 1 aromatic heterocycles. The monoisotopic (exact) mass is 378 g/mol. The third kappa shape index (κ3) is 2.22. The standard InChI is InChI=1S/C19H16BF5N2/c1-9-5-11(3)26-18(9)17(16-14(22)7-13(21)8-15(16)23)19-10(2)6-12(4)27(19)20(26,24)25/h5-8H,1-4H3. The summed E-state index contributed by atoms with van der Waals surface area (Å²) < 4.78 is 75.3. The molecule has 0 unspecified atom stereocenters. The summed E-state index contributed by atoms with van der Waals surface area (Å²) in [6, 6.07) is 2.68. The zero-order chi connectivity index (χ0) is 19.8. The molecule has 2 aliphatic heterocycles. The van der Waals surface area contributed by atoms with Crippen LogP contribution in [-0.2, 0) is 0 Å². The highest BCUT2D eigenvalue weighted by molar-refractivity contribution is 6.58. The minimum atomic E-state index is -4.24. The Bertz CT molecular complexity index is 1100. The molecule has 1 aromatic carbocycles. The van der Waals surface area contributed by atoms with Crippen molar-refractivity contribution >= 4 is 18.3 Å². The summed E-state index contributed by atoms with van der Waals surface area (Å²) in [4.78, 5) is 0. The SMILES string of the molecule is CC1=CC(C)=[N+]2C1=C(c1c(F)cc(F)cc1F)c1c(C)cc(C)n1[B-]2(F)F. The lowest BCUT2D eigenvalue weighted by molar-refractivity contribution is -0.363. The Morgan fingerprint density at radius 3 is 2.11 bits per heavy atom. The zero-order valence-corrected chi connectivity index (χ0v) is 15.2. The van der Waals surface area contributed by atoms with Crippen LogP contribution in [-0.4, -0.2) is 21.6 Å². The van der Waals surface area contributed by atoms with Gasteiger partial charge in [0.05, 0.1) is 11.1 Å². The molecule has 27 heavy (non-hydrogen) atoms. The Morgan fingerprint density at radius 1 is 0.926 bits per heavy atom. The Labute approximate surface area is 153 Å². The van der Waals surface area contributed by atoms with Gasteiger partial charge in [0.25, 0.3) is 0 Å². The van der Waals surface area contributed by atoms with Crippen LogP contribution in [0.15, 0.2) is 35.5 Å². The van der Waals surface area contributed by atoms with E-state index in [1.807, 2.05) is 0 Å². The van der Waals surface area contributed by atoms with E-state index < -0.39 is 30.0 Å². The molecule has 2 aromatic rings. The van der Waals surface area contributed by atoms with Crippen molar-refractivity contribution in [2.45, 2.75) is 27.7 Å². The lowest BCUT2D eigenvalue weighted by Crippen LogP contribution is -2.51. The van der Waals surface area contributed by atoms with E-state index in [9.17, 15) is 13.2 Å². The molecule has 4 rings (SSSR count). The number of benzene rings is 1. The first-order valence-electron chi connectivity index (χ1n) is 8.47. The lowest BCUT2D eigenvalue weighted by Gasteiger charge is -2.34. The van der Waals surface area contributed by atoms with Crippen molar-refractivity contribution in [3.05, 3.63) is 75.5 Å². The molecule has 0 atom stereocenters. The third-order valence-electron chi connectivity index (χ3n) is 5.19. The number of fused-ring (bicyclic) bond motifs is 2. The Balaban J connectivity index is 2.23. The van der Waals surface area contributed by atoms with Gasteiger partial charge < -0.3 is 17.6 Å². The fraction of sp³-hybridized carbons (Fsp3) is 0.211. The molecule has 0 spiro atoms. The minimum Gasteiger partial charge on any atom is -0.393 e. The topological polar surface area (TPSA) is 7.94 Å². The van der Waals surface area contributed by atoms with E-state index in [-0.39, 0.29) is 28.4 Å². The van der Waals surface area contributed by atoms with E-state index >= 15 is 8.63 Å². The maximum absolute atomic E-state index is 15.4. The first-order chi connectivity index (χ1) is 12.6. The summed E-state index contributed by atoms with van der Waals surface area (Å²) in [5.41, 5.74) is 1.11. The number of hydrogen-bond donors (Lipinski definition) is 0. The highest BCUT2D eigenvalue weighted by atomic mass is 19.2. The van der Waals surface area contributed by atoms with E-state index in [0.29, 0.717) is 23.3 Å². The van der Waals surface area contributed by atoms with Crippen LogP contribution in [0.1, 0.15) is 36.4 Å². The van der Waals surface area contributed by atoms with Crippen molar-refractivity contribution in [1.82, 2.24) is 4.48 Å². The van der Waals surface area contributed by atoms with Gasteiger partial charge in [0.15, 0.2) is 5.70 Å². The predicted molar refractivity (Wildman–Crippen MR) is 94.3 cm³/mol. The summed E-state index contributed by atoms with van der Waals surface area (Å²) in [6.07, 6.45) is 1.56. The quantitative estimate of drug-likeness (QED) is 0.490. The summed E-state index contributed by atoms with van der Waals surface area (Å²) in [5.74, 6) is -3.32. The zero-order valence-electron chi connectivity index (χ0n) is 15.2. The maximum Gasteiger partial charge on any atom is 0.737 e. The van der Waals surface area contributed by atoms with Crippen LogP contribution in [0.2, 0.25) is 0 Å². The first kappa shape index (κ1) is 17.8. The molecule has 3 heterocycles. The van der Waals surface area contributed by atoms with E-state index in [4.69, 9.17) is 0 Å². The van der Waals surface area contributed by atoms with Crippen molar-refractivity contribution in [3.8, 4) is 0 Å². The number of aryl methyl sites for hydroxylation is 2. The van der Waals surface area contributed by atoms with Crippen molar-refractivity contribution in [2.24, 2.45) is 0 Å². The Hall–Kier alpha value is -2.64. The fourth-order valence-electron chi connectivity index (χ4n) is 4.32. The van der Waals surface area contributed by atoms with Crippen molar-refractivity contribution in [1.29, 1.82) is 0 Å². The normalized spacial score (nSPS) is 18.0. The fourth-order valence-corrected chi connectivity index (χ4v) is 4.32. The number of aromatic nitrogens is 1. The lowest BCUT2D eigenvalue weighted by atomic mass is 9.83. The summed E-state index contributed by atoms with van der Waals surface area (Å²) in [6.45, 7) is 2.05. The molecule has 0 N–H and O–H groups in total.